The van der Waals surface area contributed by atoms with Crippen LogP contribution >= 0.6 is 23.2 Å². The predicted octanol–water partition coefficient (Wildman–Crippen LogP) is 6.29. The van der Waals surface area contributed by atoms with Crippen LogP contribution in [0.4, 0.5) is 5.69 Å². The number of amides is 1. The topological polar surface area (TPSA) is 118 Å². The van der Waals surface area contributed by atoms with E-state index in [0.29, 0.717) is 32.4 Å². The second kappa shape index (κ2) is 12.6. The number of ether oxygens (including phenoxy) is 3. The third kappa shape index (κ3) is 6.49. The van der Waals surface area contributed by atoms with E-state index in [1.807, 2.05) is 37.3 Å². The molecule has 0 saturated carbocycles. The molecule has 0 atom stereocenters. The molecule has 3 N–H and O–H groups in total. The molecule has 0 spiro atoms. The van der Waals surface area contributed by atoms with Crippen LogP contribution in [0.15, 0.2) is 60.8 Å². The number of rotatable bonds is 7. The SMILES string of the molecule is COc1cc(C=CC(=O)Nc2cnc3c(Cl)cc(C)cc3c2-c2ccccc2Cl)cc(OC)c1OC(C)=O.O. The lowest BCUT2D eigenvalue weighted by Gasteiger charge is -2.16. The number of halogens is 2. The van der Waals surface area contributed by atoms with Gasteiger partial charge in [0.25, 0.3) is 0 Å². The van der Waals surface area contributed by atoms with Crippen molar-refractivity contribution in [2.75, 3.05) is 19.5 Å². The van der Waals surface area contributed by atoms with Gasteiger partial charge in [-0.2, -0.15) is 0 Å². The van der Waals surface area contributed by atoms with Gasteiger partial charge in [0.15, 0.2) is 11.5 Å². The number of nitrogens with zero attached hydrogens (tertiary/aromatic N) is 1. The molecular weight excluding hydrogens is 543 g/mol. The Morgan fingerprint density at radius 2 is 1.64 bits per heavy atom. The van der Waals surface area contributed by atoms with Crippen LogP contribution in [0.1, 0.15) is 18.1 Å². The summed E-state index contributed by atoms with van der Waals surface area (Å²) in [6.45, 7) is 3.22. The lowest BCUT2D eigenvalue weighted by molar-refractivity contribution is -0.132. The fraction of sp³-hybridized carbons (Fsp3) is 0.138. The highest BCUT2D eigenvalue weighted by Gasteiger charge is 2.18. The van der Waals surface area contributed by atoms with E-state index in [0.717, 1.165) is 16.5 Å². The molecule has 8 nitrogen and oxygen atoms in total. The number of carbonyl (C=O) groups is 2. The van der Waals surface area contributed by atoms with Gasteiger partial charge < -0.3 is 25.0 Å². The van der Waals surface area contributed by atoms with Crippen molar-refractivity contribution in [3.8, 4) is 28.4 Å². The van der Waals surface area contributed by atoms with Gasteiger partial charge in [0.05, 0.1) is 36.6 Å². The molecule has 4 aromatic rings. The van der Waals surface area contributed by atoms with Crippen molar-refractivity contribution >= 4 is 57.7 Å². The van der Waals surface area contributed by atoms with E-state index in [1.165, 1.54) is 27.2 Å². The fourth-order valence-electron chi connectivity index (χ4n) is 4.03. The quantitative estimate of drug-likeness (QED) is 0.159. The largest absolute Gasteiger partial charge is 0.493 e. The fourth-order valence-corrected chi connectivity index (χ4v) is 4.58. The van der Waals surface area contributed by atoms with E-state index in [4.69, 9.17) is 37.4 Å². The summed E-state index contributed by atoms with van der Waals surface area (Å²) in [5.74, 6) is -0.192. The van der Waals surface area contributed by atoms with Gasteiger partial charge in [-0.15, -0.1) is 0 Å². The van der Waals surface area contributed by atoms with Gasteiger partial charge in [-0.05, 0) is 54.5 Å². The number of nitrogens with one attached hydrogen (secondary N) is 1. The molecule has 202 valence electrons. The molecule has 10 heteroatoms. The van der Waals surface area contributed by atoms with Crippen molar-refractivity contribution < 1.29 is 29.3 Å². The second-order valence-corrected chi connectivity index (χ2v) is 9.15. The maximum Gasteiger partial charge on any atom is 0.308 e. The van der Waals surface area contributed by atoms with E-state index >= 15 is 0 Å². The first-order valence-electron chi connectivity index (χ1n) is 11.5. The number of pyridine rings is 1. The standard InChI is InChI=1S/C29H24Cl2N2O5.H2O/c1-16-11-20-27(19-7-5-6-8-21(19)30)23(15-32-28(20)22(31)12-16)33-26(35)10-9-18-13-24(36-3)29(38-17(2)34)25(14-18)37-4;/h5-15H,1-4H3,(H,33,35);1H2. The molecule has 1 aromatic heterocycles. The van der Waals surface area contributed by atoms with E-state index in [1.54, 1.807) is 30.5 Å². The minimum Gasteiger partial charge on any atom is -0.493 e. The zero-order valence-electron chi connectivity index (χ0n) is 21.6. The summed E-state index contributed by atoms with van der Waals surface area (Å²) in [7, 11) is 2.89. The zero-order chi connectivity index (χ0) is 27.4. The lowest BCUT2D eigenvalue weighted by Crippen LogP contribution is -2.10. The van der Waals surface area contributed by atoms with Gasteiger partial charge >= 0.3 is 5.97 Å². The molecule has 0 aliphatic heterocycles. The number of anilines is 1. The molecule has 0 aliphatic carbocycles. The molecule has 1 heterocycles. The first-order chi connectivity index (χ1) is 18.2. The maximum atomic E-state index is 13.0. The highest BCUT2D eigenvalue weighted by molar-refractivity contribution is 6.36. The van der Waals surface area contributed by atoms with Crippen molar-refractivity contribution in [3.05, 3.63) is 82.0 Å². The Morgan fingerprint density at radius 3 is 2.26 bits per heavy atom. The predicted molar refractivity (Wildman–Crippen MR) is 154 cm³/mol. The Morgan fingerprint density at radius 1 is 0.974 bits per heavy atom. The van der Waals surface area contributed by atoms with Crippen molar-refractivity contribution in [1.82, 2.24) is 4.98 Å². The van der Waals surface area contributed by atoms with Gasteiger partial charge in [-0.3, -0.25) is 14.6 Å². The van der Waals surface area contributed by atoms with E-state index in [-0.39, 0.29) is 22.7 Å². The molecule has 0 fully saturated rings. The van der Waals surface area contributed by atoms with Crippen LogP contribution < -0.4 is 19.5 Å². The average molecular weight is 569 g/mol. The van der Waals surface area contributed by atoms with Crippen LogP contribution in [0.25, 0.3) is 28.1 Å². The van der Waals surface area contributed by atoms with Crippen molar-refractivity contribution in [2.45, 2.75) is 13.8 Å². The summed E-state index contributed by atoms with van der Waals surface area (Å²) in [5, 5.41) is 4.70. The molecule has 39 heavy (non-hydrogen) atoms. The number of hydrogen-bond donors (Lipinski definition) is 1. The molecule has 0 aliphatic rings. The normalized spacial score (nSPS) is 10.7. The summed E-state index contributed by atoms with van der Waals surface area (Å²) in [5.41, 5.74) is 4.06. The van der Waals surface area contributed by atoms with E-state index in [9.17, 15) is 9.59 Å². The molecule has 0 radical (unpaired) electrons. The smallest absolute Gasteiger partial charge is 0.308 e. The molecule has 0 saturated heterocycles. The number of aromatic nitrogens is 1. The van der Waals surface area contributed by atoms with Gasteiger partial charge in [0, 0.05) is 34.5 Å². The lowest BCUT2D eigenvalue weighted by atomic mass is 9.98. The van der Waals surface area contributed by atoms with Crippen LogP contribution in [-0.4, -0.2) is 36.6 Å². The number of carbonyl (C=O) groups excluding carboxylic acids is 2. The zero-order valence-corrected chi connectivity index (χ0v) is 23.1. The number of methoxy groups -OCH3 is 2. The van der Waals surface area contributed by atoms with Crippen molar-refractivity contribution in [3.63, 3.8) is 0 Å². The molecule has 1 amide bonds. The number of hydrogen-bond acceptors (Lipinski definition) is 6. The highest BCUT2D eigenvalue weighted by atomic mass is 35.5. The molecular formula is C29H26Cl2N2O6. The first kappa shape index (κ1) is 29.4. The molecule has 3 aromatic carbocycles. The van der Waals surface area contributed by atoms with Crippen LogP contribution in [0.5, 0.6) is 17.2 Å². The summed E-state index contributed by atoms with van der Waals surface area (Å²) >= 11 is 13.0. The maximum absolute atomic E-state index is 13.0. The van der Waals surface area contributed by atoms with Crippen molar-refractivity contribution in [2.24, 2.45) is 0 Å². The van der Waals surface area contributed by atoms with E-state index in [2.05, 4.69) is 10.3 Å². The first-order valence-corrected chi connectivity index (χ1v) is 12.2. The Kier molecular flexibility index (Phi) is 9.53. The highest BCUT2D eigenvalue weighted by Crippen LogP contribution is 2.41. The summed E-state index contributed by atoms with van der Waals surface area (Å²) in [6, 6.07) is 14.4. The summed E-state index contributed by atoms with van der Waals surface area (Å²) in [6.07, 6.45) is 4.51. The van der Waals surface area contributed by atoms with Crippen LogP contribution in [-0.2, 0) is 9.59 Å². The third-order valence-corrected chi connectivity index (χ3v) is 6.24. The second-order valence-electron chi connectivity index (χ2n) is 8.34. The van der Waals surface area contributed by atoms with Crippen LogP contribution in [0.3, 0.4) is 0 Å². The van der Waals surface area contributed by atoms with Crippen LogP contribution in [0, 0.1) is 6.92 Å². The monoisotopic (exact) mass is 568 g/mol. The molecule has 0 bridgehead atoms. The Labute approximate surface area is 235 Å². The van der Waals surface area contributed by atoms with Crippen molar-refractivity contribution in [1.29, 1.82) is 0 Å². The Balaban J connectivity index is 0.00000420. The summed E-state index contributed by atoms with van der Waals surface area (Å²) in [4.78, 5) is 29.0. The third-order valence-electron chi connectivity index (χ3n) is 5.63. The van der Waals surface area contributed by atoms with Gasteiger partial charge in [-0.1, -0.05) is 41.4 Å². The summed E-state index contributed by atoms with van der Waals surface area (Å²) < 4.78 is 15.9. The van der Waals surface area contributed by atoms with Gasteiger partial charge in [-0.25, -0.2) is 0 Å². The Bertz CT molecular complexity index is 1560. The number of esters is 1. The molecule has 0 unspecified atom stereocenters. The van der Waals surface area contributed by atoms with Gasteiger partial charge in [0.2, 0.25) is 11.7 Å². The van der Waals surface area contributed by atoms with Gasteiger partial charge in [0.1, 0.15) is 0 Å². The van der Waals surface area contributed by atoms with E-state index < -0.39 is 11.9 Å². The number of aryl methyl sites for hydroxylation is 1. The Hall–Kier alpha value is -4.11. The number of benzene rings is 3. The molecule has 4 rings (SSSR count). The number of fused-ring (bicyclic) bond motifs is 1. The minimum absolute atomic E-state index is 0. The average Bonchev–Trinajstić information content (AvgIpc) is 2.88. The minimum atomic E-state index is -0.515. The van der Waals surface area contributed by atoms with Crippen LogP contribution in [0.2, 0.25) is 10.0 Å².